The third-order valence-corrected chi connectivity index (χ3v) is 4.75. The molecule has 118 valence electrons. The van der Waals surface area contributed by atoms with E-state index >= 15 is 0 Å². The van der Waals surface area contributed by atoms with E-state index in [9.17, 15) is 12.8 Å². The molecule has 0 bridgehead atoms. The van der Waals surface area contributed by atoms with Gasteiger partial charge in [-0.05, 0) is 25.0 Å². The molecule has 0 radical (unpaired) electrons. The molecule has 8 heteroatoms. The third kappa shape index (κ3) is 4.02. The molecule has 0 fully saturated rings. The van der Waals surface area contributed by atoms with Gasteiger partial charge in [-0.1, -0.05) is 0 Å². The van der Waals surface area contributed by atoms with E-state index in [4.69, 9.17) is 5.26 Å². The molecule has 0 aliphatic heterocycles. The minimum atomic E-state index is -3.41. The molecular formula is C14H17FN4O2S. The lowest BCUT2D eigenvalue weighted by Crippen LogP contribution is -2.27. The van der Waals surface area contributed by atoms with Crippen molar-refractivity contribution in [3.63, 3.8) is 0 Å². The molecular weight excluding hydrogens is 307 g/mol. The fourth-order valence-electron chi connectivity index (χ4n) is 2.12. The van der Waals surface area contributed by atoms with Gasteiger partial charge in [-0.3, -0.25) is 0 Å². The lowest BCUT2D eigenvalue weighted by Gasteiger charge is -2.06. The van der Waals surface area contributed by atoms with Gasteiger partial charge in [0.25, 0.3) is 0 Å². The minimum absolute atomic E-state index is 0.0206. The van der Waals surface area contributed by atoms with Gasteiger partial charge in [0, 0.05) is 19.5 Å². The number of nitriles is 1. The number of aromatic nitrogens is 2. The van der Waals surface area contributed by atoms with Crippen molar-refractivity contribution in [1.82, 2.24) is 14.3 Å². The second-order valence-corrected chi connectivity index (χ2v) is 6.90. The maximum absolute atomic E-state index is 13.2. The van der Waals surface area contributed by atoms with Crippen LogP contribution in [0.4, 0.5) is 4.39 Å². The van der Waals surface area contributed by atoms with Gasteiger partial charge in [-0.25, -0.2) is 22.5 Å². The van der Waals surface area contributed by atoms with Crippen molar-refractivity contribution in [2.24, 2.45) is 7.05 Å². The van der Waals surface area contributed by atoms with Crippen LogP contribution in [0.3, 0.4) is 0 Å². The summed E-state index contributed by atoms with van der Waals surface area (Å²) in [6, 6.07) is 6.24. The topological polar surface area (TPSA) is 87.8 Å². The summed E-state index contributed by atoms with van der Waals surface area (Å²) in [4.78, 5) is 4.24. The van der Waals surface area contributed by atoms with E-state index in [1.54, 1.807) is 17.7 Å². The van der Waals surface area contributed by atoms with Gasteiger partial charge in [0.1, 0.15) is 11.6 Å². The van der Waals surface area contributed by atoms with Gasteiger partial charge in [0.05, 0.1) is 29.4 Å². The van der Waals surface area contributed by atoms with Gasteiger partial charge < -0.3 is 4.57 Å². The number of rotatable bonds is 7. The number of imidazole rings is 1. The Morgan fingerprint density at radius 1 is 1.41 bits per heavy atom. The first kappa shape index (κ1) is 16.4. The molecule has 1 aromatic heterocycles. The zero-order valence-electron chi connectivity index (χ0n) is 12.2. The minimum Gasteiger partial charge on any atom is -0.330 e. The molecule has 1 N–H and O–H groups in total. The van der Waals surface area contributed by atoms with Crippen molar-refractivity contribution in [1.29, 1.82) is 5.26 Å². The third-order valence-electron chi connectivity index (χ3n) is 3.34. The van der Waals surface area contributed by atoms with Gasteiger partial charge in [-0.2, -0.15) is 5.26 Å². The SMILES string of the molecule is Cn1c(CNS(=O)(=O)CCCCC#N)nc2cc(F)ccc21. The second kappa shape index (κ2) is 6.85. The summed E-state index contributed by atoms with van der Waals surface area (Å²) in [5.74, 6) is 0.115. The van der Waals surface area contributed by atoms with Crippen molar-refractivity contribution >= 4 is 21.1 Å². The van der Waals surface area contributed by atoms with Gasteiger partial charge in [0.15, 0.2) is 0 Å². The highest BCUT2D eigenvalue weighted by Crippen LogP contribution is 2.16. The van der Waals surface area contributed by atoms with Crippen LogP contribution in [0.5, 0.6) is 0 Å². The Labute approximate surface area is 128 Å². The highest BCUT2D eigenvalue weighted by atomic mass is 32.2. The maximum Gasteiger partial charge on any atom is 0.212 e. The van der Waals surface area contributed by atoms with Crippen LogP contribution in [0.15, 0.2) is 18.2 Å². The molecule has 0 unspecified atom stereocenters. The molecule has 0 aliphatic rings. The van der Waals surface area contributed by atoms with Crippen LogP contribution < -0.4 is 4.72 Å². The van der Waals surface area contributed by atoms with Crippen LogP contribution in [-0.4, -0.2) is 23.7 Å². The van der Waals surface area contributed by atoms with Crippen molar-refractivity contribution in [3.05, 3.63) is 29.8 Å². The number of unbranched alkanes of at least 4 members (excludes halogenated alkanes) is 2. The van der Waals surface area contributed by atoms with Crippen molar-refractivity contribution in [2.45, 2.75) is 25.8 Å². The summed E-state index contributed by atoms with van der Waals surface area (Å²) in [5.41, 5.74) is 1.23. The smallest absolute Gasteiger partial charge is 0.212 e. The van der Waals surface area contributed by atoms with Crippen LogP contribution in [0.2, 0.25) is 0 Å². The Morgan fingerprint density at radius 3 is 2.91 bits per heavy atom. The summed E-state index contributed by atoms with van der Waals surface area (Å²) in [6.45, 7) is 0.0490. The average molecular weight is 324 g/mol. The second-order valence-electron chi connectivity index (χ2n) is 4.98. The first-order valence-electron chi connectivity index (χ1n) is 6.88. The molecule has 0 amide bonds. The summed E-state index contributed by atoms with van der Waals surface area (Å²) in [7, 11) is -1.66. The van der Waals surface area contributed by atoms with Crippen LogP contribution in [0, 0.1) is 17.1 Å². The Kier molecular flexibility index (Phi) is 5.11. The first-order valence-corrected chi connectivity index (χ1v) is 8.53. The van der Waals surface area contributed by atoms with E-state index in [1.807, 2.05) is 6.07 Å². The largest absolute Gasteiger partial charge is 0.330 e. The standard InChI is InChI=1S/C14H17FN4O2S/c1-19-13-6-5-11(15)9-12(13)18-14(19)10-17-22(20,21)8-4-2-3-7-16/h5-6,9,17H,2-4,8,10H2,1H3. The van der Waals surface area contributed by atoms with E-state index in [-0.39, 0.29) is 18.1 Å². The Balaban J connectivity index is 2.02. The normalized spacial score (nSPS) is 11.7. The number of hydrogen-bond acceptors (Lipinski definition) is 4. The van der Waals surface area contributed by atoms with Crippen LogP contribution in [0.1, 0.15) is 25.1 Å². The molecule has 1 aromatic carbocycles. The molecule has 22 heavy (non-hydrogen) atoms. The van der Waals surface area contributed by atoms with Crippen molar-refractivity contribution < 1.29 is 12.8 Å². The Hall–Kier alpha value is -1.98. The van der Waals surface area contributed by atoms with Gasteiger partial charge in [-0.15, -0.1) is 0 Å². The highest BCUT2D eigenvalue weighted by molar-refractivity contribution is 7.89. The lowest BCUT2D eigenvalue weighted by molar-refractivity contribution is 0.574. The Bertz CT molecular complexity index is 808. The van der Waals surface area contributed by atoms with E-state index in [0.717, 1.165) is 5.52 Å². The Morgan fingerprint density at radius 2 is 2.18 bits per heavy atom. The fraction of sp³-hybridized carbons (Fsp3) is 0.429. The number of fused-ring (bicyclic) bond motifs is 1. The summed E-state index contributed by atoms with van der Waals surface area (Å²) >= 11 is 0. The van der Waals surface area contributed by atoms with E-state index in [0.29, 0.717) is 30.6 Å². The van der Waals surface area contributed by atoms with E-state index < -0.39 is 10.0 Å². The fourth-order valence-corrected chi connectivity index (χ4v) is 3.20. The predicted molar refractivity (Wildman–Crippen MR) is 80.8 cm³/mol. The summed E-state index contributed by atoms with van der Waals surface area (Å²) in [6.07, 6.45) is 1.35. The zero-order valence-corrected chi connectivity index (χ0v) is 13.0. The van der Waals surface area contributed by atoms with Gasteiger partial charge in [0.2, 0.25) is 10.0 Å². The quantitative estimate of drug-likeness (QED) is 0.787. The molecule has 0 saturated heterocycles. The van der Waals surface area contributed by atoms with Crippen LogP contribution >= 0.6 is 0 Å². The summed E-state index contributed by atoms with van der Waals surface area (Å²) in [5, 5.41) is 8.41. The van der Waals surface area contributed by atoms with E-state index in [1.165, 1.54) is 12.1 Å². The number of hydrogen-bond donors (Lipinski definition) is 1. The maximum atomic E-state index is 13.2. The summed E-state index contributed by atoms with van der Waals surface area (Å²) < 4.78 is 41.1. The van der Waals surface area contributed by atoms with Crippen LogP contribution in [-0.2, 0) is 23.6 Å². The van der Waals surface area contributed by atoms with Gasteiger partial charge >= 0.3 is 0 Å². The monoisotopic (exact) mass is 324 g/mol. The molecule has 2 rings (SSSR count). The molecule has 6 nitrogen and oxygen atoms in total. The van der Waals surface area contributed by atoms with Crippen LogP contribution in [0.25, 0.3) is 11.0 Å². The molecule has 0 spiro atoms. The first-order chi connectivity index (χ1) is 10.4. The molecule has 1 heterocycles. The average Bonchev–Trinajstić information content (AvgIpc) is 2.77. The lowest BCUT2D eigenvalue weighted by atomic mass is 10.3. The number of sulfonamides is 1. The highest BCUT2D eigenvalue weighted by Gasteiger charge is 2.13. The molecule has 0 saturated carbocycles. The zero-order chi connectivity index (χ0) is 16.2. The number of halogens is 1. The number of nitrogens with one attached hydrogen (secondary N) is 1. The number of aryl methyl sites for hydroxylation is 1. The van der Waals surface area contributed by atoms with Crippen molar-refractivity contribution in [2.75, 3.05) is 5.75 Å². The van der Waals surface area contributed by atoms with E-state index in [2.05, 4.69) is 9.71 Å². The molecule has 0 aliphatic carbocycles. The predicted octanol–water partition coefficient (Wildman–Crippen LogP) is 1.83. The molecule has 0 atom stereocenters. The molecule has 2 aromatic rings. The number of nitrogens with zero attached hydrogens (tertiary/aromatic N) is 3. The number of benzene rings is 1. The van der Waals surface area contributed by atoms with Crippen molar-refractivity contribution in [3.8, 4) is 6.07 Å².